The van der Waals surface area contributed by atoms with E-state index in [1.165, 1.54) is 0 Å². The van der Waals surface area contributed by atoms with E-state index in [4.69, 9.17) is 4.74 Å². The molecule has 0 bridgehead atoms. The summed E-state index contributed by atoms with van der Waals surface area (Å²) in [4.78, 5) is 16.4. The Hall–Kier alpha value is -3.15. The standard InChI is InChI=1S/C19H20N4O2/c1-3-25-16-10-8-15(9-11-16)14(2)21-22-19(24)12-23-13-20-17-6-4-5-7-18(17)23/h4-11,13H,3,12H2,1-2H3,(H,22,24)/b21-14-. The molecule has 0 aliphatic heterocycles. The van der Waals surface area contributed by atoms with E-state index in [-0.39, 0.29) is 12.5 Å². The molecule has 0 saturated heterocycles. The summed E-state index contributed by atoms with van der Waals surface area (Å²) in [5.74, 6) is 0.614. The van der Waals surface area contributed by atoms with Crippen molar-refractivity contribution in [2.75, 3.05) is 6.61 Å². The molecule has 0 aliphatic carbocycles. The molecule has 6 nitrogen and oxygen atoms in total. The van der Waals surface area contributed by atoms with Gasteiger partial charge in [-0.25, -0.2) is 10.4 Å². The molecule has 3 aromatic rings. The van der Waals surface area contributed by atoms with Crippen LogP contribution in [0.3, 0.4) is 0 Å². The van der Waals surface area contributed by atoms with E-state index in [0.717, 1.165) is 28.1 Å². The minimum atomic E-state index is -0.201. The van der Waals surface area contributed by atoms with Crippen LogP contribution < -0.4 is 10.2 Å². The lowest BCUT2D eigenvalue weighted by Crippen LogP contribution is -2.24. The molecule has 1 N–H and O–H groups in total. The summed E-state index contributed by atoms with van der Waals surface area (Å²) < 4.78 is 7.21. The lowest BCUT2D eigenvalue weighted by molar-refractivity contribution is -0.121. The maximum absolute atomic E-state index is 12.1. The molecule has 0 spiro atoms. The van der Waals surface area contributed by atoms with Crippen LogP contribution in [0.4, 0.5) is 0 Å². The minimum Gasteiger partial charge on any atom is -0.494 e. The lowest BCUT2D eigenvalue weighted by Gasteiger charge is -2.06. The normalized spacial score (nSPS) is 11.5. The summed E-state index contributed by atoms with van der Waals surface area (Å²) in [7, 11) is 0. The first-order chi connectivity index (χ1) is 12.2. The zero-order valence-corrected chi connectivity index (χ0v) is 14.3. The van der Waals surface area contributed by atoms with Crippen LogP contribution in [0, 0.1) is 0 Å². The number of rotatable bonds is 6. The predicted octanol–water partition coefficient (Wildman–Crippen LogP) is 2.98. The number of carbonyl (C=O) groups excluding carboxylic acids is 1. The Kier molecular flexibility index (Phi) is 5.09. The molecule has 3 rings (SSSR count). The van der Waals surface area contributed by atoms with Gasteiger partial charge in [0.15, 0.2) is 0 Å². The predicted molar refractivity (Wildman–Crippen MR) is 97.7 cm³/mol. The third kappa shape index (κ3) is 4.03. The highest BCUT2D eigenvalue weighted by Gasteiger charge is 2.06. The fourth-order valence-electron chi connectivity index (χ4n) is 2.50. The van der Waals surface area contributed by atoms with Crippen LogP contribution in [0.1, 0.15) is 19.4 Å². The molecule has 0 radical (unpaired) electrons. The van der Waals surface area contributed by atoms with Crippen molar-refractivity contribution in [1.29, 1.82) is 0 Å². The number of amides is 1. The molecule has 1 amide bonds. The van der Waals surface area contributed by atoms with Gasteiger partial charge in [0.25, 0.3) is 5.91 Å². The van der Waals surface area contributed by atoms with Crippen LogP contribution in [0.25, 0.3) is 11.0 Å². The molecule has 128 valence electrons. The number of aromatic nitrogens is 2. The summed E-state index contributed by atoms with van der Waals surface area (Å²) >= 11 is 0. The first-order valence-corrected chi connectivity index (χ1v) is 8.13. The first kappa shape index (κ1) is 16.7. The Balaban J connectivity index is 1.63. The number of fused-ring (bicyclic) bond motifs is 1. The molecule has 0 saturated carbocycles. The fraction of sp³-hybridized carbons (Fsp3) is 0.211. The highest BCUT2D eigenvalue weighted by molar-refractivity contribution is 5.99. The number of para-hydroxylation sites is 2. The fourth-order valence-corrected chi connectivity index (χ4v) is 2.50. The van der Waals surface area contributed by atoms with Gasteiger partial charge in [-0.15, -0.1) is 0 Å². The number of nitrogens with one attached hydrogen (secondary N) is 1. The van der Waals surface area contributed by atoms with Crippen molar-refractivity contribution in [3.05, 3.63) is 60.4 Å². The van der Waals surface area contributed by atoms with Gasteiger partial charge >= 0.3 is 0 Å². The zero-order valence-electron chi connectivity index (χ0n) is 14.3. The Morgan fingerprint density at radius 2 is 1.96 bits per heavy atom. The maximum atomic E-state index is 12.1. The van der Waals surface area contributed by atoms with E-state index in [2.05, 4.69) is 15.5 Å². The van der Waals surface area contributed by atoms with E-state index in [0.29, 0.717) is 6.61 Å². The van der Waals surface area contributed by atoms with E-state index in [1.54, 1.807) is 10.9 Å². The van der Waals surface area contributed by atoms with Gasteiger partial charge < -0.3 is 9.30 Å². The zero-order chi connectivity index (χ0) is 17.6. The van der Waals surface area contributed by atoms with Gasteiger partial charge in [0.2, 0.25) is 0 Å². The number of nitrogens with zero attached hydrogens (tertiary/aromatic N) is 3. The number of hydrogen-bond acceptors (Lipinski definition) is 4. The second-order valence-electron chi connectivity index (χ2n) is 5.55. The molecule has 1 heterocycles. The third-order valence-corrected chi connectivity index (χ3v) is 3.77. The highest BCUT2D eigenvalue weighted by Crippen LogP contribution is 2.13. The Morgan fingerprint density at radius 1 is 1.20 bits per heavy atom. The summed E-state index contributed by atoms with van der Waals surface area (Å²) in [6, 6.07) is 15.3. The van der Waals surface area contributed by atoms with Gasteiger partial charge in [-0.2, -0.15) is 5.10 Å². The van der Waals surface area contributed by atoms with Crippen molar-refractivity contribution in [3.63, 3.8) is 0 Å². The largest absolute Gasteiger partial charge is 0.494 e. The third-order valence-electron chi connectivity index (χ3n) is 3.77. The minimum absolute atomic E-state index is 0.167. The summed E-state index contributed by atoms with van der Waals surface area (Å²) in [5.41, 5.74) is 6.04. The van der Waals surface area contributed by atoms with E-state index >= 15 is 0 Å². The molecule has 0 fully saturated rings. The molecule has 0 unspecified atom stereocenters. The summed E-state index contributed by atoms with van der Waals surface area (Å²) in [5, 5.41) is 4.17. The summed E-state index contributed by atoms with van der Waals surface area (Å²) in [6.07, 6.45) is 1.66. The van der Waals surface area contributed by atoms with Crippen LogP contribution in [0.2, 0.25) is 0 Å². The van der Waals surface area contributed by atoms with Gasteiger partial charge in [-0.05, 0) is 55.8 Å². The Labute approximate surface area is 146 Å². The number of hydrogen-bond donors (Lipinski definition) is 1. The average molecular weight is 336 g/mol. The maximum Gasteiger partial charge on any atom is 0.260 e. The second-order valence-corrected chi connectivity index (χ2v) is 5.55. The Morgan fingerprint density at radius 3 is 2.72 bits per heavy atom. The van der Waals surface area contributed by atoms with Crippen molar-refractivity contribution >= 4 is 22.7 Å². The first-order valence-electron chi connectivity index (χ1n) is 8.13. The molecule has 25 heavy (non-hydrogen) atoms. The molecule has 6 heteroatoms. The SMILES string of the molecule is CCOc1ccc(/C(C)=N\NC(=O)Cn2cnc3ccccc32)cc1. The van der Waals surface area contributed by atoms with Crippen molar-refractivity contribution in [1.82, 2.24) is 15.0 Å². The van der Waals surface area contributed by atoms with Gasteiger partial charge in [-0.1, -0.05) is 12.1 Å². The number of hydrazone groups is 1. The van der Waals surface area contributed by atoms with Gasteiger partial charge in [0.1, 0.15) is 12.3 Å². The van der Waals surface area contributed by atoms with Crippen LogP contribution in [-0.4, -0.2) is 27.8 Å². The number of ether oxygens (including phenoxy) is 1. The van der Waals surface area contributed by atoms with Gasteiger partial charge in [0.05, 0.1) is 29.7 Å². The lowest BCUT2D eigenvalue weighted by atomic mass is 10.1. The highest BCUT2D eigenvalue weighted by atomic mass is 16.5. The molecular weight excluding hydrogens is 316 g/mol. The van der Waals surface area contributed by atoms with Gasteiger partial charge in [0, 0.05) is 0 Å². The topological polar surface area (TPSA) is 68.5 Å². The van der Waals surface area contributed by atoms with Crippen LogP contribution >= 0.6 is 0 Å². The van der Waals surface area contributed by atoms with E-state index in [1.807, 2.05) is 62.4 Å². The molecule has 0 aliphatic rings. The van der Waals surface area contributed by atoms with Crippen molar-refractivity contribution in [2.24, 2.45) is 5.10 Å². The van der Waals surface area contributed by atoms with Crippen molar-refractivity contribution in [3.8, 4) is 5.75 Å². The number of imidazole rings is 1. The average Bonchev–Trinajstić information content (AvgIpc) is 3.04. The van der Waals surface area contributed by atoms with Crippen LogP contribution in [0.15, 0.2) is 60.0 Å². The molecule has 2 aromatic carbocycles. The second kappa shape index (κ2) is 7.61. The number of benzene rings is 2. The van der Waals surface area contributed by atoms with Crippen molar-refractivity contribution in [2.45, 2.75) is 20.4 Å². The smallest absolute Gasteiger partial charge is 0.260 e. The van der Waals surface area contributed by atoms with Crippen molar-refractivity contribution < 1.29 is 9.53 Å². The monoisotopic (exact) mass is 336 g/mol. The van der Waals surface area contributed by atoms with Gasteiger partial charge in [-0.3, -0.25) is 4.79 Å². The molecule has 1 aromatic heterocycles. The van der Waals surface area contributed by atoms with Crippen LogP contribution in [-0.2, 0) is 11.3 Å². The quantitative estimate of drug-likeness (QED) is 0.556. The molecular formula is C19H20N4O2. The molecule has 0 atom stereocenters. The Bertz CT molecular complexity index is 897. The number of carbonyl (C=O) groups is 1. The summed E-state index contributed by atoms with van der Waals surface area (Å²) in [6.45, 7) is 4.59. The van der Waals surface area contributed by atoms with E-state index < -0.39 is 0 Å². The van der Waals surface area contributed by atoms with E-state index in [9.17, 15) is 4.79 Å². The van der Waals surface area contributed by atoms with Crippen LogP contribution in [0.5, 0.6) is 5.75 Å².